The summed E-state index contributed by atoms with van der Waals surface area (Å²) in [5, 5.41) is 3.72. The first-order valence-electron chi connectivity index (χ1n) is 6.97. The molecule has 0 aliphatic heterocycles. The fraction of sp³-hybridized carbons (Fsp3) is 0.600. The molecular formula is C15H19ClF3N. The lowest BCUT2D eigenvalue weighted by Crippen LogP contribution is -2.46. The molecule has 1 aromatic carbocycles. The molecule has 0 bridgehead atoms. The Kier molecular flexibility index (Phi) is 4.97. The molecule has 2 rings (SSSR count). The largest absolute Gasteiger partial charge is 0.393 e. The highest BCUT2D eigenvalue weighted by atomic mass is 35.5. The fourth-order valence-electron chi connectivity index (χ4n) is 2.96. The average molecular weight is 306 g/mol. The minimum Gasteiger partial charge on any atom is -0.307 e. The molecule has 0 heterocycles. The average Bonchev–Trinajstić information content (AvgIpc) is 2.38. The molecule has 3 atom stereocenters. The Bertz CT molecular complexity index is 447. The third-order valence-electron chi connectivity index (χ3n) is 4.02. The van der Waals surface area contributed by atoms with Crippen molar-refractivity contribution in [3.05, 3.63) is 34.9 Å². The highest BCUT2D eigenvalue weighted by molar-refractivity contribution is 6.31. The number of halogens is 4. The Morgan fingerprint density at radius 2 is 1.85 bits per heavy atom. The molecule has 0 aromatic heterocycles. The summed E-state index contributed by atoms with van der Waals surface area (Å²) < 4.78 is 39.2. The summed E-state index contributed by atoms with van der Waals surface area (Å²) in [5.41, 5.74) is 0.848. The van der Waals surface area contributed by atoms with Crippen LogP contribution in [0.1, 0.15) is 44.2 Å². The van der Waals surface area contributed by atoms with E-state index in [1.165, 1.54) is 0 Å². The van der Waals surface area contributed by atoms with E-state index in [-0.39, 0.29) is 12.5 Å². The van der Waals surface area contributed by atoms with E-state index in [1.807, 2.05) is 25.1 Å². The van der Waals surface area contributed by atoms with Crippen molar-refractivity contribution in [2.45, 2.75) is 50.9 Å². The van der Waals surface area contributed by atoms with Crippen molar-refractivity contribution in [2.24, 2.45) is 5.92 Å². The van der Waals surface area contributed by atoms with Crippen LogP contribution in [0, 0.1) is 5.92 Å². The van der Waals surface area contributed by atoms with Crippen molar-refractivity contribution in [1.82, 2.24) is 5.32 Å². The molecule has 1 nitrogen and oxygen atoms in total. The van der Waals surface area contributed by atoms with E-state index >= 15 is 0 Å². The third-order valence-corrected chi connectivity index (χ3v) is 4.37. The molecule has 2 unspecified atom stereocenters. The SMILES string of the molecule is C[C@@H](NC1CCCCC1C(F)(F)F)c1ccccc1Cl. The van der Waals surface area contributed by atoms with Gasteiger partial charge < -0.3 is 5.32 Å². The second-order valence-corrected chi connectivity index (χ2v) is 5.86. The van der Waals surface area contributed by atoms with Crippen LogP contribution in [0.3, 0.4) is 0 Å². The molecule has 0 radical (unpaired) electrons. The van der Waals surface area contributed by atoms with E-state index in [2.05, 4.69) is 5.32 Å². The van der Waals surface area contributed by atoms with E-state index in [4.69, 9.17) is 11.6 Å². The van der Waals surface area contributed by atoms with Gasteiger partial charge in [-0.2, -0.15) is 13.2 Å². The van der Waals surface area contributed by atoms with Crippen molar-refractivity contribution in [1.29, 1.82) is 0 Å². The number of nitrogens with one attached hydrogen (secondary N) is 1. The van der Waals surface area contributed by atoms with Gasteiger partial charge in [-0.3, -0.25) is 0 Å². The predicted molar refractivity (Wildman–Crippen MR) is 74.8 cm³/mol. The Hall–Kier alpha value is -0.740. The van der Waals surface area contributed by atoms with E-state index in [1.54, 1.807) is 6.07 Å². The van der Waals surface area contributed by atoms with Crippen LogP contribution in [-0.2, 0) is 0 Å². The molecule has 5 heteroatoms. The van der Waals surface area contributed by atoms with E-state index in [9.17, 15) is 13.2 Å². The molecule has 1 aromatic rings. The first kappa shape index (κ1) is 15.6. The molecule has 20 heavy (non-hydrogen) atoms. The molecule has 1 saturated carbocycles. The van der Waals surface area contributed by atoms with Gasteiger partial charge in [-0.15, -0.1) is 0 Å². The van der Waals surface area contributed by atoms with Crippen LogP contribution in [0.25, 0.3) is 0 Å². The Morgan fingerprint density at radius 1 is 1.20 bits per heavy atom. The standard InChI is InChI=1S/C15H19ClF3N/c1-10(11-6-2-4-8-13(11)16)20-14-9-5-3-7-12(14)15(17,18)19/h2,4,6,8,10,12,14,20H,3,5,7,9H2,1H3/t10-,12?,14?/m1/s1. The van der Waals surface area contributed by atoms with Crippen molar-refractivity contribution >= 4 is 11.6 Å². The zero-order valence-corrected chi connectivity index (χ0v) is 12.1. The van der Waals surface area contributed by atoms with Crippen LogP contribution < -0.4 is 5.32 Å². The zero-order chi connectivity index (χ0) is 14.8. The molecule has 1 N–H and O–H groups in total. The molecule has 1 aliphatic rings. The minimum absolute atomic E-state index is 0.184. The van der Waals surface area contributed by atoms with Crippen molar-refractivity contribution in [3.63, 3.8) is 0 Å². The number of benzene rings is 1. The first-order valence-corrected chi connectivity index (χ1v) is 7.34. The molecule has 0 amide bonds. The van der Waals surface area contributed by atoms with Gasteiger partial charge in [0.15, 0.2) is 0 Å². The van der Waals surface area contributed by atoms with Crippen LogP contribution in [0.5, 0.6) is 0 Å². The lowest BCUT2D eigenvalue weighted by molar-refractivity contribution is -0.189. The summed E-state index contributed by atoms with van der Waals surface area (Å²) in [6.07, 6.45) is -1.84. The van der Waals surface area contributed by atoms with Gasteiger partial charge in [-0.1, -0.05) is 42.6 Å². The molecule has 0 saturated heterocycles. The monoisotopic (exact) mass is 305 g/mol. The van der Waals surface area contributed by atoms with Gasteiger partial charge in [0.05, 0.1) is 5.92 Å². The number of hydrogen-bond donors (Lipinski definition) is 1. The van der Waals surface area contributed by atoms with Crippen molar-refractivity contribution in [2.75, 3.05) is 0 Å². The van der Waals surface area contributed by atoms with Crippen LogP contribution in [-0.4, -0.2) is 12.2 Å². The maximum atomic E-state index is 13.1. The van der Waals surface area contributed by atoms with Crippen molar-refractivity contribution in [3.8, 4) is 0 Å². The normalized spacial score (nSPS) is 25.4. The van der Waals surface area contributed by atoms with Gasteiger partial charge in [-0.05, 0) is 31.4 Å². The van der Waals surface area contributed by atoms with Crippen LogP contribution >= 0.6 is 11.6 Å². The minimum atomic E-state index is -4.13. The van der Waals surface area contributed by atoms with E-state index in [0.29, 0.717) is 17.9 Å². The molecule has 1 aliphatic carbocycles. The Labute approximate surface area is 122 Å². The fourth-order valence-corrected chi connectivity index (χ4v) is 3.26. The zero-order valence-electron chi connectivity index (χ0n) is 11.4. The number of rotatable bonds is 3. The Morgan fingerprint density at radius 3 is 2.50 bits per heavy atom. The van der Waals surface area contributed by atoms with Gasteiger partial charge in [0.1, 0.15) is 0 Å². The highest BCUT2D eigenvalue weighted by Crippen LogP contribution is 2.38. The maximum Gasteiger partial charge on any atom is 0.393 e. The molecule has 1 fully saturated rings. The second-order valence-electron chi connectivity index (χ2n) is 5.45. The number of hydrogen-bond acceptors (Lipinski definition) is 1. The summed E-state index contributed by atoms with van der Waals surface area (Å²) in [6.45, 7) is 1.86. The third kappa shape index (κ3) is 3.67. The first-order chi connectivity index (χ1) is 9.39. The lowest BCUT2D eigenvalue weighted by atomic mass is 9.83. The summed E-state index contributed by atoms with van der Waals surface area (Å²) in [5.74, 6) is -1.25. The van der Waals surface area contributed by atoms with Gasteiger partial charge in [0.2, 0.25) is 0 Å². The van der Waals surface area contributed by atoms with Gasteiger partial charge in [0.25, 0.3) is 0 Å². The van der Waals surface area contributed by atoms with Crippen molar-refractivity contribution < 1.29 is 13.2 Å². The van der Waals surface area contributed by atoms with Gasteiger partial charge in [0, 0.05) is 17.1 Å². The summed E-state index contributed by atoms with van der Waals surface area (Å²) in [4.78, 5) is 0. The molecule has 112 valence electrons. The topological polar surface area (TPSA) is 12.0 Å². The van der Waals surface area contributed by atoms with Crippen LogP contribution in [0.15, 0.2) is 24.3 Å². The molecule has 0 spiro atoms. The van der Waals surface area contributed by atoms with Crippen LogP contribution in [0.2, 0.25) is 5.02 Å². The van der Waals surface area contributed by atoms with Crippen LogP contribution in [0.4, 0.5) is 13.2 Å². The molecular weight excluding hydrogens is 287 g/mol. The predicted octanol–water partition coefficient (Wildman–Crippen LogP) is 5.11. The Balaban J connectivity index is 2.09. The second kappa shape index (κ2) is 6.35. The smallest absolute Gasteiger partial charge is 0.307 e. The van der Waals surface area contributed by atoms with E-state index in [0.717, 1.165) is 12.0 Å². The summed E-state index contributed by atoms with van der Waals surface area (Å²) >= 11 is 6.10. The maximum absolute atomic E-state index is 13.1. The summed E-state index contributed by atoms with van der Waals surface area (Å²) in [7, 11) is 0. The number of alkyl halides is 3. The van der Waals surface area contributed by atoms with E-state index < -0.39 is 18.1 Å². The van der Waals surface area contributed by atoms with Gasteiger partial charge >= 0.3 is 6.18 Å². The quantitative estimate of drug-likeness (QED) is 0.818. The summed E-state index contributed by atoms with van der Waals surface area (Å²) in [6, 6.07) is 6.58. The highest BCUT2D eigenvalue weighted by Gasteiger charge is 2.45. The lowest BCUT2D eigenvalue weighted by Gasteiger charge is -2.35. The van der Waals surface area contributed by atoms with Gasteiger partial charge in [-0.25, -0.2) is 0 Å².